The minimum atomic E-state index is -3.73. The van der Waals surface area contributed by atoms with Crippen LogP contribution in [0.1, 0.15) is 44.6 Å². The first-order chi connectivity index (χ1) is 15.5. The van der Waals surface area contributed by atoms with Crippen LogP contribution in [0.15, 0.2) is 23.1 Å². The molecule has 0 atom stereocenters. The third kappa shape index (κ3) is 5.32. The van der Waals surface area contributed by atoms with E-state index in [4.69, 9.17) is 9.47 Å². The highest BCUT2D eigenvalue weighted by molar-refractivity contribution is 7.89. The summed E-state index contributed by atoms with van der Waals surface area (Å²) in [5.74, 6) is -1.57. The van der Waals surface area contributed by atoms with Gasteiger partial charge in [-0.1, -0.05) is 6.07 Å². The van der Waals surface area contributed by atoms with Gasteiger partial charge in [0, 0.05) is 30.0 Å². The number of benzene rings is 1. The quantitative estimate of drug-likeness (QED) is 0.460. The van der Waals surface area contributed by atoms with Crippen LogP contribution in [0, 0.1) is 20.8 Å². The minimum absolute atomic E-state index is 0.0524. The molecule has 0 saturated carbocycles. The normalized spacial score (nSPS) is 14.7. The van der Waals surface area contributed by atoms with Gasteiger partial charge in [-0.25, -0.2) is 13.2 Å². The highest BCUT2D eigenvalue weighted by Gasteiger charge is 2.27. The fourth-order valence-electron chi connectivity index (χ4n) is 3.70. The average Bonchev–Trinajstić information content (AvgIpc) is 3.08. The second kappa shape index (κ2) is 9.86. The second-order valence-electron chi connectivity index (χ2n) is 7.80. The molecule has 1 amide bonds. The number of carbonyl (C=O) groups is 3. The zero-order valence-electron chi connectivity index (χ0n) is 19.0. The van der Waals surface area contributed by atoms with Crippen LogP contribution >= 0.6 is 0 Å². The number of esters is 1. The lowest BCUT2D eigenvalue weighted by Crippen LogP contribution is -2.40. The molecule has 33 heavy (non-hydrogen) atoms. The first-order valence-electron chi connectivity index (χ1n) is 10.4. The topological polar surface area (TPSA) is 135 Å². The van der Waals surface area contributed by atoms with Gasteiger partial charge in [0.2, 0.25) is 10.0 Å². The molecule has 10 nitrogen and oxygen atoms in total. The van der Waals surface area contributed by atoms with E-state index in [1.807, 2.05) is 0 Å². The number of morpholine rings is 1. The summed E-state index contributed by atoms with van der Waals surface area (Å²) in [4.78, 5) is 39.4. The van der Waals surface area contributed by atoms with Gasteiger partial charge >= 0.3 is 5.97 Å². The Morgan fingerprint density at radius 2 is 1.82 bits per heavy atom. The van der Waals surface area contributed by atoms with E-state index in [1.54, 1.807) is 26.8 Å². The number of ketones is 1. The van der Waals surface area contributed by atoms with Crippen LogP contribution < -0.4 is 5.32 Å². The van der Waals surface area contributed by atoms with Crippen LogP contribution in [0.4, 0.5) is 5.69 Å². The van der Waals surface area contributed by atoms with E-state index in [1.165, 1.54) is 23.4 Å². The Morgan fingerprint density at radius 3 is 2.42 bits per heavy atom. The van der Waals surface area contributed by atoms with E-state index >= 15 is 0 Å². The predicted molar refractivity (Wildman–Crippen MR) is 120 cm³/mol. The fourth-order valence-corrected chi connectivity index (χ4v) is 5.14. The van der Waals surface area contributed by atoms with Gasteiger partial charge in [-0.05, 0) is 51.0 Å². The van der Waals surface area contributed by atoms with Gasteiger partial charge in [-0.2, -0.15) is 4.31 Å². The van der Waals surface area contributed by atoms with Crippen LogP contribution in [0.25, 0.3) is 0 Å². The van der Waals surface area contributed by atoms with E-state index in [0.29, 0.717) is 41.3 Å². The lowest BCUT2D eigenvalue weighted by molar-refractivity contribution is -0.119. The molecule has 1 aromatic carbocycles. The van der Waals surface area contributed by atoms with Crippen LogP contribution in [0.3, 0.4) is 0 Å². The molecule has 2 aromatic rings. The molecule has 1 aromatic heterocycles. The summed E-state index contributed by atoms with van der Waals surface area (Å²) in [6, 6.07) is 4.47. The van der Waals surface area contributed by atoms with Gasteiger partial charge < -0.3 is 19.8 Å². The lowest BCUT2D eigenvalue weighted by atomic mass is 10.1. The molecular formula is C22H27N3O7S. The van der Waals surface area contributed by atoms with Gasteiger partial charge in [0.05, 0.1) is 18.1 Å². The zero-order valence-corrected chi connectivity index (χ0v) is 19.8. The summed E-state index contributed by atoms with van der Waals surface area (Å²) >= 11 is 0. The number of nitrogens with zero attached hydrogens (tertiary/aromatic N) is 1. The van der Waals surface area contributed by atoms with Gasteiger partial charge in [0.25, 0.3) is 5.91 Å². The largest absolute Gasteiger partial charge is 0.451 e. The number of aryl methyl sites for hydroxylation is 2. The van der Waals surface area contributed by atoms with E-state index < -0.39 is 28.5 Å². The third-order valence-corrected chi connectivity index (χ3v) is 7.31. The molecule has 3 rings (SSSR count). The number of hydrogen-bond donors (Lipinski definition) is 2. The number of ether oxygens (including phenoxy) is 2. The van der Waals surface area contributed by atoms with E-state index in [-0.39, 0.29) is 29.5 Å². The van der Waals surface area contributed by atoms with Crippen LogP contribution in [0.2, 0.25) is 0 Å². The number of H-pyrrole nitrogens is 1. The first-order valence-corrected chi connectivity index (χ1v) is 11.8. The molecule has 2 N–H and O–H groups in total. The van der Waals surface area contributed by atoms with Crippen molar-refractivity contribution in [2.75, 3.05) is 38.2 Å². The van der Waals surface area contributed by atoms with Crippen molar-refractivity contribution in [3.8, 4) is 0 Å². The Balaban J connectivity index is 1.68. The summed E-state index contributed by atoms with van der Waals surface area (Å²) in [6.45, 7) is 7.03. The summed E-state index contributed by atoms with van der Waals surface area (Å²) < 4.78 is 37.4. The Bertz CT molecular complexity index is 1190. The highest BCUT2D eigenvalue weighted by atomic mass is 32.2. The Labute approximate surface area is 192 Å². The number of anilines is 1. The molecule has 1 saturated heterocycles. The molecule has 1 aliphatic rings. The number of carbonyl (C=O) groups excluding carboxylic acids is 3. The maximum Gasteiger partial charge on any atom is 0.355 e. The number of sulfonamides is 1. The van der Waals surface area contributed by atoms with Gasteiger partial charge in [-0.15, -0.1) is 0 Å². The molecule has 0 bridgehead atoms. The zero-order chi connectivity index (χ0) is 24.3. The molecule has 0 aliphatic carbocycles. The molecule has 11 heteroatoms. The molecule has 0 unspecified atom stereocenters. The van der Waals surface area contributed by atoms with Crippen molar-refractivity contribution in [2.24, 2.45) is 0 Å². The molecule has 0 radical (unpaired) electrons. The number of hydrogen-bond acceptors (Lipinski definition) is 7. The maximum atomic E-state index is 12.9. The van der Waals surface area contributed by atoms with Crippen molar-refractivity contribution < 1.29 is 32.3 Å². The number of aromatic amines is 1. The number of rotatable bonds is 7. The molecule has 2 heterocycles. The number of amides is 1. The predicted octanol–water partition coefficient (Wildman–Crippen LogP) is 1.96. The van der Waals surface area contributed by atoms with Crippen molar-refractivity contribution in [3.63, 3.8) is 0 Å². The van der Waals surface area contributed by atoms with Crippen LogP contribution in [0.5, 0.6) is 0 Å². The highest BCUT2D eigenvalue weighted by Crippen LogP contribution is 2.24. The Hall–Kier alpha value is -3.02. The van der Waals surface area contributed by atoms with Crippen molar-refractivity contribution in [1.29, 1.82) is 0 Å². The Morgan fingerprint density at radius 1 is 1.15 bits per heavy atom. The molecule has 1 aliphatic heterocycles. The third-order valence-electron chi connectivity index (χ3n) is 5.42. The Kier molecular flexibility index (Phi) is 7.35. The molecule has 0 spiro atoms. The van der Waals surface area contributed by atoms with Gasteiger partial charge in [-0.3, -0.25) is 9.59 Å². The average molecular weight is 478 g/mol. The monoisotopic (exact) mass is 477 g/mol. The van der Waals surface area contributed by atoms with E-state index in [9.17, 15) is 22.8 Å². The smallest absolute Gasteiger partial charge is 0.355 e. The van der Waals surface area contributed by atoms with Gasteiger partial charge in [0.15, 0.2) is 12.4 Å². The standard InChI is InChI=1S/C22H27N3O7S/c1-13-5-6-17(33(29,30)25-7-9-31-10-8-25)11-18(13)24-19(27)12-32-22(28)21-14(2)20(16(4)26)15(3)23-21/h5-6,11,23H,7-10,12H2,1-4H3,(H,24,27). The fraction of sp³-hybridized carbons (Fsp3) is 0.409. The van der Waals surface area contributed by atoms with Crippen molar-refractivity contribution >= 4 is 33.4 Å². The molecule has 1 fully saturated rings. The summed E-state index contributed by atoms with van der Waals surface area (Å²) in [6.07, 6.45) is 0. The van der Waals surface area contributed by atoms with Crippen molar-refractivity contribution in [1.82, 2.24) is 9.29 Å². The second-order valence-corrected chi connectivity index (χ2v) is 9.74. The van der Waals surface area contributed by atoms with Crippen LogP contribution in [-0.4, -0.2) is 68.3 Å². The SMILES string of the molecule is CC(=O)c1c(C)[nH]c(C(=O)OCC(=O)Nc2cc(S(=O)(=O)N3CCOCC3)ccc2C)c1C. The van der Waals surface area contributed by atoms with Crippen molar-refractivity contribution in [3.05, 3.63) is 46.3 Å². The summed E-state index contributed by atoms with van der Waals surface area (Å²) in [5, 5.41) is 2.59. The van der Waals surface area contributed by atoms with E-state index in [2.05, 4.69) is 10.3 Å². The van der Waals surface area contributed by atoms with Crippen molar-refractivity contribution in [2.45, 2.75) is 32.6 Å². The van der Waals surface area contributed by atoms with E-state index in [0.717, 1.165) is 0 Å². The molecular weight excluding hydrogens is 450 g/mol. The number of Topliss-reactive ketones (excluding diaryl/α,β-unsaturated/α-hetero) is 1. The number of nitrogens with one attached hydrogen (secondary N) is 2. The summed E-state index contributed by atoms with van der Waals surface area (Å²) in [7, 11) is -3.73. The van der Waals surface area contributed by atoms with Crippen LogP contribution in [-0.2, 0) is 24.3 Å². The van der Waals surface area contributed by atoms with Gasteiger partial charge in [0.1, 0.15) is 5.69 Å². The minimum Gasteiger partial charge on any atom is -0.451 e. The summed E-state index contributed by atoms with van der Waals surface area (Å²) in [5.41, 5.74) is 2.49. The first kappa shape index (κ1) is 24.6. The lowest BCUT2D eigenvalue weighted by Gasteiger charge is -2.26. The maximum absolute atomic E-state index is 12.9. The molecule has 178 valence electrons. The number of aromatic nitrogens is 1.